The summed E-state index contributed by atoms with van der Waals surface area (Å²) in [5.41, 5.74) is 0.115. The minimum absolute atomic E-state index is 0. The first-order valence-electron chi connectivity index (χ1n) is 12.8. The highest BCUT2D eigenvalue weighted by molar-refractivity contribution is 7.91. The van der Waals surface area contributed by atoms with E-state index in [0.29, 0.717) is 49.8 Å². The summed E-state index contributed by atoms with van der Waals surface area (Å²) < 4.78 is 30.0. The SMILES string of the molecule is CCS(=O)(=O)C[C@@H]1CNC[C@@H](N(CC(C)C)C(=O)c2cnc(C(C)(C)C)nc2NCc2ccco2)C1.Cl.Cl. The number of nitrogens with one attached hydrogen (secondary N) is 2. The second-order valence-corrected chi connectivity index (χ2v) is 13.5. The average molecular weight is 593 g/mol. The van der Waals surface area contributed by atoms with Gasteiger partial charge in [0.1, 0.15) is 32.8 Å². The van der Waals surface area contributed by atoms with Crippen LogP contribution in [0.5, 0.6) is 0 Å². The van der Waals surface area contributed by atoms with Gasteiger partial charge in [-0.2, -0.15) is 0 Å². The second kappa shape index (κ2) is 14.5. The van der Waals surface area contributed by atoms with Crippen molar-refractivity contribution in [1.82, 2.24) is 20.2 Å². The van der Waals surface area contributed by atoms with Crippen molar-refractivity contribution in [1.29, 1.82) is 0 Å². The molecule has 0 unspecified atom stereocenters. The van der Waals surface area contributed by atoms with Gasteiger partial charge in [0.15, 0.2) is 0 Å². The summed E-state index contributed by atoms with van der Waals surface area (Å²) in [6, 6.07) is 3.56. The largest absolute Gasteiger partial charge is 0.467 e. The lowest BCUT2D eigenvalue weighted by Gasteiger charge is -2.39. The van der Waals surface area contributed by atoms with Crippen LogP contribution in [0.2, 0.25) is 0 Å². The minimum atomic E-state index is -3.10. The quantitative estimate of drug-likeness (QED) is 0.419. The Morgan fingerprint density at radius 1 is 1.26 bits per heavy atom. The van der Waals surface area contributed by atoms with E-state index in [1.54, 1.807) is 19.4 Å². The zero-order valence-corrected chi connectivity index (χ0v) is 25.6. The lowest BCUT2D eigenvalue weighted by Crippen LogP contribution is -2.53. The Morgan fingerprint density at radius 3 is 2.55 bits per heavy atom. The van der Waals surface area contributed by atoms with E-state index < -0.39 is 9.84 Å². The number of amides is 1. The predicted octanol–water partition coefficient (Wildman–Crippen LogP) is 4.33. The van der Waals surface area contributed by atoms with Gasteiger partial charge in [0.2, 0.25) is 0 Å². The van der Waals surface area contributed by atoms with Crippen LogP contribution in [-0.2, 0) is 21.8 Å². The van der Waals surface area contributed by atoms with Gasteiger partial charge in [0.05, 0.1) is 18.6 Å². The molecule has 0 saturated carbocycles. The molecule has 2 aromatic rings. The molecule has 216 valence electrons. The zero-order valence-electron chi connectivity index (χ0n) is 23.2. The Morgan fingerprint density at radius 2 is 1.97 bits per heavy atom. The van der Waals surface area contributed by atoms with Crippen LogP contribution in [0.15, 0.2) is 29.0 Å². The van der Waals surface area contributed by atoms with Crippen LogP contribution in [0.25, 0.3) is 0 Å². The molecule has 38 heavy (non-hydrogen) atoms. The third-order valence-corrected chi connectivity index (χ3v) is 8.17. The van der Waals surface area contributed by atoms with Gasteiger partial charge in [-0.25, -0.2) is 18.4 Å². The van der Waals surface area contributed by atoms with Gasteiger partial charge in [0, 0.05) is 36.5 Å². The topological polar surface area (TPSA) is 117 Å². The highest BCUT2D eigenvalue weighted by Crippen LogP contribution is 2.26. The number of furan rings is 1. The van der Waals surface area contributed by atoms with E-state index in [1.165, 1.54) is 0 Å². The molecule has 0 spiro atoms. The Hall–Kier alpha value is -1.88. The second-order valence-electron chi connectivity index (χ2n) is 11.1. The van der Waals surface area contributed by atoms with Crippen molar-refractivity contribution in [3.63, 3.8) is 0 Å². The van der Waals surface area contributed by atoms with Gasteiger partial charge in [-0.3, -0.25) is 4.79 Å². The van der Waals surface area contributed by atoms with Crippen LogP contribution >= 0.6 is 24.8 Å². The van der Waals surface area contributed by atoms with E-state index in [2.05, 4.69) is 29.5 Å². The van der Waals surface area contributed by atoms with Crippen molar-refractivity contribution in [2.24, 2.45) is 11.8 Å². The van der Waals surface area contributed by atoms with Crippen LogP contribution in [0.1, 0.15) is 69.9 Å². The molecule has 0 bridgehead atoms. The molecule has 0 radical (unpaired) electrons. The number of sulfone groups is 1. The normalized spacial score (nSPS) is 17.9. The highest BCUT2D eigenvalue weighted by atomic mass is 35.5. The number of carbonyl (C=O) groups is 1. The van der Waals surface area contributed by atoms with Gasteiger partial charge < -0.3 is 20.0 Å². The summed E-state index contributed by atoms with van der Waals surface area (Å²) >= 11 is 0. The molecule has 1 saturated heterocycles. The molecule has 9 nitrogen and oxygen atoms in total. The van der Waals surface area contributed by atoms with Crippen LogP contribution in [0.4, 0.5) is 5.82 Å². The maximum atomic E-state index is 14.0. The molecule has 3 rings (SSSR count). The standard InChI is InChI=1S/C26H41N5O4S.2ClH/c1-7-36(33,34)17-19-11-20(13-27-12-19)31(16-18(2)3)24(32)22-15-29-25(26(4,5)6)30-23(22)28-14-21-9-8-10-35-21;;/h8-10,15,18-20,27H,7,11-14,16-17H2,1-6H3,(H,28,29,30);2*1H/t19-,20-;;/m0../s1. The van der Waals surface area contributed by atoms with Gasteiger partial charge in [0.25, 0.3) is 5.91 Å². The molecule has 0 aliphatic carbocycles. The van der Waals surface area contributed by atoms with Gasteiger partial charge in [-0.1, -0.05) is 41.5 Å². The van der Waals surface area contributed by atoms with Gasteiger partial charge >= 0.3 is 0 Å². The van der Waals surface area contributed by atoms with Crippen molar-refractivity contribution in [3.05, 3.63) is 41.7 Å². The molecular weight excluding hydrogens is 549 g/mol. The molecule has 1 aliphatic rings. The summed E-state index contributed by atoms with van der Waals surface area (Å²) in [5, 5.41) is 6.64. The maximum Gasteiger partial charge on any atom is 0.259 e. The molecule has 1 amide bonds. The molecule has 0 aromatic carbocycles. The highest BCUT2D eigenvalue weighted by Gasteiger charge is 2.34. The van der Waals surface area contributed by atoms with Gasteiger partial charge in [-0.05, 0) is 36.9 Å². The molecule has 2 atom stereocenters. The predicted molar refractivity (Wildman–Crippen MR) is 156 cm³/mol. The van der Waals surface area contributed by atoms with Crippen molar-refractivity contribution < 1.29 is 17.6 Å². The fourth-order valence-corrected chi connectivity index (χ4v) is 5.62. The maximum absolute atomic E-state index is 14.0. The number of carbonyl (C=O) groups excluding carboxylic acids is 1. The summed E-state index contributed by atoms with van der Waals surface area (Å²) in [5.74, 6) is 2.16. The zero-order chi connectivity index (χ0) is 26.5. The van der Waals surface area contributed by atoms with E-state index in [9.17, 15) is 13.2 Å². The number of aromatic nitrogens is 2. The lowest BCUT2D eigenvalue weighted by molar-refractivity contribution is 0.0595. The number of halogens is 2. The number of nitrogens with zero attached hydrogens (tertiary/aromatic N) is 3. The molecule has 1 aliphatic heterocycles. The van der Waals surface area contributed by atoms with E-state index in [-0.39, 0.29) is 65.5 Å². The summed E-state index contributed by atoms with van der Waals surface area (Å²) in [6.45, 7) is 14.1. The van der Waals surface area contributed by atoms with Crippen LogP contribution in [0.3, 0.4) is 0 Å². The van der Waals surface area contributed by atoms with E-state index in [0.717, 1.165) is 5.76 Å². The Bertz CT molecular complexity index is 1120. The van der Waals surface area contributed by atoms with E-state index in [1.807, 2.05) is 37.8 Å². The van der Waals surface area contributed by atoms with Crippen molar-refractivity contribution in [2.45, 2.75) is 66.0 Å². The number of piperidine rings is 1. The average Bonchev–Trinajstić information content (AvgIpc) is 3.33. The van der Waals surface area contributed by atoms with E-state index >= 15 is 0 Å². The first-order valence-corrected chi connectivity index (χ1v) is 14.6. The molecule has 2 N–H and O–H groups in total. The number of anilines is 1. The molecule has 12 heteroatoms. The van der Waals surface area contributed by atoms with Crippen molar-refractivity contribution in [2.75, 3.05) is 36.5 Å². The monoisotopic (exact) mass is 591 g/mol. The third-order valence-electron chi connectivity index (χ3n) is 6.31. The van der Waals surface area contributed by atoms with Gasteiger partial charge in [-0.15, -0.1) is 24.8 Å². The first kappa shape index (κ1) is 34.1. The van der Waals surface area contributed by atoms with Crippen molar-refractivity contribution in [3.8, 4) is 0 Å². The summed E-state index contributed by atoms with van der Waals surface area (Å²) in [4.78, 5) is 25.2. The Labute approximate surface area is 239 Å². The molecule has 1 fully saturated rings. The smallest absolute Gasteiger partial charge is 0.259 e. The van der Waals surface area contributed by atoms with Crippen molar-refractivity contribution >= 4 is 46.4 Å². The Balaban J connectivity index is 0.00000361. The summed E-state index contributed by atoms with van der Waals surface area (Å²) in [7, 11) is -3.10. The van der Waals surface area contributed by atoms with Crippen LogP contribution < -0.4 is 10.6 Å². The number of rotatable bonds is 10. The fourth-order valence-electron chi connectivity index (χ4n) is 4.41. The minimum Gasteiger partial charge on any atom is -0.467 e. The third kappa shape index (κ3) is 9.39. The van der Waals surface area contributed by atoms with Crippen LogP contribution in [-0.4, -0.2) is 66.4 Å². The first-order chi connectivity index (χ1) is 16.9. The number of hydrogen-bond acceptors (Lipinski definition) is 8. The lowest BCUT2D eigenvalue weighted by atomic mass is 9.94. The molecule has 3 heterocycles. The van der Waals surface area contributed by atoms with Crippen LogP contribution in [0, 0.1) is 11.8 Å². The fraction of sp³-hybridized carbons (Fsp3) is 0.654. The number of hydrogen-bond donors (Lipinski definition) is 2. The molecule has 2 aromatic heterocycles. The Kier molecular flexibility index (Phi) is 13.0. The summed E-state index contributed by atoms with van der Waals surface area (Å²) in [6.07, 6.45) is 3.86. The molecular formula is C26H43Cl2N5O4S. The van der Waals surface area contributed by atoms with E-state index in [4.69, 9.17) is 9.40 Å².